The highest BCUT2D eigenvalue weighted by Gasteiger charge is 2.41. The molecule has 1 aliphatic carbocycles. The predicted octanol–water partition coefficient (Wildman–Crippen LogP) is 3.34. The maximum atomic E-state index is 13.2. The number of anilines is 1. The molecule has 1 aromatic heterocycles. The van der Waals surface area contributed by atoms with E-state index in [1.807, 2.05) is 0 Å². The van der Waals surface area contributed by atoms with E-state index in [1.165, 1.54) is 0 Å². The molecule has 1 heterocycles. The molecule has 22 heavy (non-hydrogen) atoms. The van der Waals surface area contributed by atoms with Crippen molar-refractivity contribution < 1.29 is 18.3 Å². The molecular weight excluding hydrogens is 308 g/mol. The van der Waals surface area contributed by atoms with Crippen LogP contribution in [0, 0.1) is 0 Å². The van der Waals surface area contributed by atoms with Gasteiger partial charge in [0.1, 0.15) is 18.5 Å². The second-order valence-electron chi connectivity index (χ2n) is 7.12. The molecular formula is C14H25F2N3O2Si. The SMILES string of the molecule is C[Si](C)(C)CCOCn1cc(N)c(OC2CCC(F)(F)C2)n1. The van der Waals surface area contributed by atoms with Gasteiger partial charge in [-0.3, -0.25) is 0 Å². The Morgan fingerprint density at radius 3 is 2.77 bits per heavy atom. The lowest BCUT2D eigenvalue weighted by atomic mass is 10.3. The van der Waals surface area contributed by atoms with Gasteiger partial charge in [-0.25, -0.2) is 13.5 Å². The number of aromatic nitrogens is 2. The summed E-state index contributed by atoms with van der Waals surface area (Å²) in [7, 11) is -1.11. The zero-order valence-corrected chi connectivity index (χ0v) is 14.4. The summed E-state index contributed by atoms with van der Waals surface area (Å²) in [5.74, 6) is -2.42. The van der Waals surface area contributed by atoms with Crippen molar-refractivity contribution >= 4 is 13.8 Å². The summed E-state index contributed by atoms with van der Waals surface area (Å²) in [5, 5.41) is 4.17. The van der Waals surface area contributed by atoms with Crippen molar-refractivity contribution in [2.75, 3.05) is 12.3 Å². The highest BCUT2D eigenvalue weighted by molar-refractivity contribution is 6.76. The van der Waals surface area contributed by atoms with Crippen LogP contribution in [0.2, 0.25) is 25.7 Å². The van der Waals surface area contributed by atoms with E-state index in [1.54, 1.807) is 10.9 Å². The average Bonchev–Trinajstić information content (AvgIpc) is 2.88. The molecule has 0 bridgehead atoms. The van der Waals surface area contributed by atoms with E-state index in [0.717, 1.165) is 6.04 Å². The highest BCUT2D eigenvalue weighted by Crippen LogP contribution is 2.37. The molecule has 2 rings (SSSR count). The largest absolute Gasteiger partial charge is 0.472 e. The third-order valence-corrected chi connectivity index (χ3v) is 5.32. The van der Waals surface area contributed by atoms with E-state index in [4.69, 9.17) is 15.2 Å². The summed E-state index contributed by atoms with van der Waals surface area (Å²) in [6, 6.07) is 1.07. The van der Waals surface area contributed by atoms with Gasteiger partial charge in [0.2, 0.25) is 0 Å². The lowest BCUT2D eigenvalue weighted by molar-refractivity contribution is -0.00153. The fourth-order valence-electron chi connectivity index (χ4n) is 2.28. The standard InChI is InChI=1S/C14H25F2N3O2Si/c1-22(2,3)7-6-20-10-19-9-12(17)13(18-19)21-11-4-5-14(15,16)8-11/h9,11H,4-8,10,17H2,1-3H3. The van der Waals surface area contributed by atoms with E-state index in [2.05, 4.69) is 24.7 Å². The van der Waals surface area contributed by atoms with Gasteiger partial charge in [-0.05, 0) is 12.5 Å². The second-order valence-corrected chi connectivity index (χ2v) is 12.7. The normalized spacial score (nSPS) is 21.2. The molecule has 0 amide bonds. The van der Waals surface area contributed by atoms with Crippen LogP contribution in [0.4, 0.5) is 14.5 Å². The zero-order valence-electron chi connectivity index (χ0n) is 13.4. The summed E-state index contributed by atoms with van der Waals surface area (Å²) in [5.41, 5.74) is 6.17. The lowest BCUT2D eigenvalue weighted by Gasteiger charge is -2.15. The first kappa shape index (κ1) is 17.2. The fourth-order valence-corrected chi connectivity index (χ4v) is 3.04. The zero-order chi connectivity index (χ0) is 16.4. The van der Waals surface area contributed by atoms with Crippen LogP contribution < -0.4 is 10.5 Å². The molecule has 0 saturated heterocycles. The van der Waals surface area contributed by atoms with E-state index in [-0.39, 0.29) is 18.7 Å². The quantitative estimate of drug-likeness (QED) is 0.614. The topological polar surface area (TPSA) is 62.3 Å². The van der Waals surface area contributed by atoms with Crippen LogP contribution in [-0.2, 0) is 11.5 Å². The maximum absolute atomic E-state index is 13.2. The monoisotopic (exact) mass is 333 g/mol. The van der Waals surface area contributed by atoms with Gasteiger partial charge in [-0.2, -0.15) is 0 Å². The van der Waals surface area contributed by atoms with Gasteiger partial charge in [-0.1, -0.05) is 19.6 Å². The molecule has 5 nitrogen and oxygen atoms in total. The van der Waals surface area contributed by atoms with Gasteiger partial charge in [0, 0.05) is 27.5 Å². The number of rotatable bonds is 7. The summed E-state index contributed by atoms with van der Waals surface area (Å²) >= 11 is 0. The van der Waals surface area contributed by atoms with Crippen molar-refractivity contribution in [1.82, 2.24) is 9.78 Å². The van der Waals surface area contributed by atoms with Crippen molar-refractivity contribution in [3.05, 3.63) is 6.20 Å². The van der Waals surface area contributed by atoms with Crippen LogP contribution >= 0.6 is 0 Å². The van der Waals surface area contributed by atoms with Crippen molar-refractivity contribution in [3.63, 3.8) is 0 Å². The van der Waals surface area contributed by atoms with E-state index < -0.39 is 20.1 Å². The molecule has 0 aromatic carbocycles. The van der Waals surface area contributed by atoms with Crippen LogP contribution in [0.1, 0.15) is 19.3 Å². The molecule has 0 radical (unpaired) electrons. The van der Waals surface area contributed by atoms with E-state index in [9.17, 15) is 8.78 Å². The van der Waals surface area contributed by atoms with Crippen molar-refractivity contribution in [1.29, 1.82) is 0 Å². The maximum Gasteiger partial charge on any atom is 0.256 e. The van der Waals surface area contributed by atoms with E-state index >= 15 is 0 Å². The average molecular weight is 333 g/mol. The molecule has 126 valence electrons. The highest BCUT2D eigenvalue weighted by atomic mass is 28.3. The summed E-state index contributed by atoms with van der Waals surface area (Å²) in [6.45, 7) is 7.82. The molecule has 1 aliphatic rings. The van der Waals surface area contributed by atoms with Gasteiger partial charge in [-0.15, -0.1) is 5.10 Å². The smallest absolute Gasteiger partial charge is 0.256 e. The van der Waals surface area contributed by atoms with Gasteiger partial charge in [0.25, 0.3) is 11.8 Å². The van der Waals surface area contributed by atoms with Crippen LogP contribution in [-0.4, -0.2) is 36.5 Å². The number of halogens is 2. The van der Waals surface area contributed by atoms with Gasteiger partial charge >= 0.3 is 0 Å². The Bertz CT molecular complexity index is 503. The molecule has 1 atom stereocenters. The first-order valence-electron chi connectivity index (χ1n) is 7.60. The third-order valence-electron chi connectivity index (χ3n) is 3.61. The van der Waals surface area contributed by atoms with Crippen LogP contribution in [0.15, 0.2) is 6.20 Å². The van der Waals surface area contributed by atoms with Gasteiger partial charge in [0.05, 0.1) is 6.20 Å². The third kappa shape index (κ3) is 5.24. The number of ether oxygens (including phenoxy) is 2. The Kier molecular flexibility index (Phi) is 5.11. The van der Waals surface area contributed by atoms with Crippen molar-refractivity contribution in [2.45, 2.75) is 63.7 Å². The molecule has 1 saturated carbocycles. The minimum Gasteiger partial charge on any atom is -0.472 e. The van der Waals surface area contributed by atoms with Gasteiger partial charge in [0.15, 0.2) is 0 Å². The molecule has 8 heteroatoms. The first-order chi connectivity index (χ1) is 10.1. The second kappa shape index (κ2) is 6.53. The Morgan fingerprint density at radius 1 is 1.45 bits per heavy atom. The van der Waals surface area contributed by atoms with Crippen molar-refractivity contribution in [3.8, 4) is 5.88 Å². The minimum absolute atomic E-state index is 0.141. The van der Waals surface area contributed by atoms with Crippen molar-refractivity contribution in [2.24, 2.45) is 0 Å². The number of alkyl halides is 2. The molecule has 0 aliphatic heterocycles. The van der Waals surface area contributed by atoms with Crippen LogP contribution in [0.5, 0.6) is 5.88 Å². The Hall–Kier alpha value is -1.15. The fraction of sp³-hybridized carbons (Fsp3) is 0.786. The summed E-state index contributed by atoms with van der Waals surface area (Å²) < 4.78 is 38.9. The molecule has 1 fully saturated rings. The van der Waals surface area contributed by atoms with Crippen LogP contribution in [0.25, 0.3) is 0 Å². The Balaban J connectivity index is 1.81. The summed E-state index contributed by atoms with van der Waals surface area (Å²) in [4.78, 5) is 0. The molecule has 1 unspecified atom stereocenters. The molecule has 1 aromatic rings. The lowest BCUT2D eigenvalue weighted by Crippen LogP contribution is -2.22. The number of nitrogens with zero attached hydrogens (tertiary/aromatic N) is 2. The van der Waals surface area contributed by atoms with E-state index in [0.29, 0.717) is 25.4 Å². The Labute approximate surface area is 130 Å². The number of hydrogen-bond donors (Lipinski definition) is 1. The molecule has 2 N–H and O–H groups in total. The van der Waals surface area contributed by atoms with Gasteiger partial charge < -0.3 is 15.2 Å². The Morgan fingerprint density at radius 2 is 2.18 bits per heavy atom. The number of nitrogen functional groups attached to an aromatic ring is 1. The predicted molar refractivity (Wildman–Crippen MR) is 84.0 cm³/mol. The molecule has 0 spiro atoms. The number of nitrogens with two attached hydrogens (primary N) is 1. The minimum atomic E-state index is -2.64. The number of hydrogen-bond acceptors (Lipinski definition) is 4. The van der Waals surface area contributed by atoms with Crippen LogP contribution in [0.3, 0.4) is 0 Å². The summed E-state index contributed by atoms with van der Waals surface area (Å²) in [6.07, 6.45) is 1.00. The first-order valence-corrected chi connectivity index (χ1v) is 11.3.